The number of nitrogens with one attached hydrogen (secondary N) is 2. The maximum atomic E-state index is 12.0. The van der Waals surface area contributed by atoms with Crippen LogP contribution in [-0.2, 0) is 13.1 Å². The van der Waals surface area contributed by atoms with E-state index in [1.54, 1.807) is 0 Å². The predicted molar refractivity (Wildman–Crippen MR) is 118 cm³/mol. The number of hydrogen-bond donors (Lipinski definition) is 2. The highest BCUT2D eigenvalue weighted by molar-refractivity contribution is 7.98. The number of likely N-dealkylation sites (tertiary alicyclic amines) is 1. The molecule has 0 bridgehead atoms. The molecule has 1 fully saturated rings. The van der Waals surface area contributed by atoms with Crippen molar-refractivity contribution in [1.82, 2.24) is 15.5 Å². The van der Waals surface area contributed by atoms with Crippen LogP contribution >= 0.6 is 23.4 Å². The molecule has 4 nitrogen and oxygen atoms in total. The Morgan fingerprint density at radius 3 is 2.54 bits per heavy atom. The van der Waals surface area contributed by atoms with Crippen molar-refractivity contribution in [3.8, 4) is 0 Å². The van der Waals surface area contributed by atoms with E-state index in [1.165, 1.54) is 10.5 Å². The van der Waals surface area contributed by atoms with Crippen molar-refractivity contribution in [1.29, 1.82) is 0 Å². The standard InChI is InChI=1S/C22H28ClN3OS/c1-28-21-5-3-2-4-19(21)16-26-12-10-18(11-13-26)15-25-22(27)24-14-17-6-8-20(23)9-7-17/h2-9,18H,10-16H2,1H3,(H2,24,25,27). The number of hydrogen-bond acceptors (Lipinski definition) is 3. The van der Waals surface area contributed by atoms with Crippen molar-refractivity contribution in [2.24, 2.45) is 5.92 Å². The molecule has 1 heterocycles. The molecule has 1 saturated heterocycles. The van der Waals surface area contributed by atoms with Gasteiger partial charge >= 0.3 is 6.03 Å². The lowest BCUT2D eigenvalue weighted by atomic mass is 9.96. The average molecular weight is 418 g/mol. The van der Waals surface area contributed by atoms with Gasteiger partial charge < -0.3 is 10.6 Å². The molecule has 28 heavy (non-hydrogen) atoms. The van der Waals surface area contributed by atoms with Crippen molar-refractivity contribution < 1.29 is 4.79 Å². The fourth-order valence-corrected chi connectivity index (χ4v) is 4.24. The zero-order valence-electron chi connectivity index (χ0n) is 16.3. The first kappa shape index (κ1) is 21.0. The van der Waals surface area contributed by atoms with Gasteiger partial charge in [-0.3, -0.25) is 4.90 Å². The van der Waals surface area contributed by atoms with Crippen molar-refractivity contribution in [3.05, 3.63) is 64.7 Å². The lowest BCUT2D eigenvalue weighted by molar-refractivity contribution is 0.174. The van der Waals surface area contributed by atoms with Crippen LogP contribution in [0.3, 0.4) is 0 Å². The van der Waals surface area contributed by atoms with E-state index in [9.17, 15) is 4.79 Å². The highest BCUT2D eigenvalue weighted by atomic mass is 35.5. The van der Waals surface area contributed by atoms with Crippen LogP contribution in [0.5, 0.6) is 0 Å². The van der Waals surface area contributed by atoms with E-state index in [4.69, 9.17) is 11.6 Å². The molecule has 0 saturated carbocycles. The SMILES string of the molecule is CSc1ccccc1CN1CCC(CNC(=O)NCc2ccc(Cl)cc2)CC1. The number of piperidine rings is 1. The molecule has 3 rings (SSSR count). The van der Waals surface area contributed by atoms with Gasteiger partial charge in [0.2, 0.25) is 0 Å². The van der Waals surface area contributed by atoms with Gasteiger partial charge in [0, 0.05) is 29.6 Å². The number of benzene rings is 2. The molecule has 6 heteroatoms. The Balaban J connectivity index is 1.35. The third kappa shape index (κ3) is 6.43. The van der Waals surface area contributed by atoms with E-state index >= 15 is 0 Å². The van der Waals surface area contributed by atoms with Gasteiger partial charge in [0.15, 0.2) is 0 Å². The van der Waals surface area contributed by atoms with Crippen LogP contribution in [0.2, 0.25) is 5.02 Å². The molecule has 0 radical (unpaired) electrons. The monoisotopic (exact) mass is 417 g/mol. The fraction of sp³-hybridized carbons (Fsp3) is 0.409. The Bertz CT molecular complexity index is 761. The molecule has 0 aliphatic carbocycles. The summed E-state index contributed by atoms with van der Waals surface area (Å²) in [6.07, 6.45) is 4.38. The Hall–Kier alpha value is -1.69. The third-order valence-electron chi connectivity index (χ3n) is 5.21. The smallest absolute Gasteiger partial charge is 0.315 e. The van der Waals surface area contributed by atoms with Gasteiger partial charge in [-0.05, 0) is 67.4 Å². The van der Waals surface area contributed by atoms with E-state index in [0.29, 0.717) is 17.5 Å². The van der Waals surface area contributed by atoms with Crippen LogP contribution in [-0.4, -0.2) is 36.8 Å². The first-order valence-electron chi connectivity index (χ1n) is 9.74. The van der Waals surface area contributed by atoms with Crippen LogP contribution in [0.1, 0.15) is 24.0 Å². The molecule has 150 valence electrons. The highest BCUT2D eigenvalue weighted by Crippen LogP contribution is 2.24. The van der Waals surface area contributed by atoms with Crippen molar-refractivity contribution in [3.63, 3.8) is 0 Å². The molecule has 0 unspecified atom stereocenters. The predicted octanol–water partition coefficient (Wildman–Crippen LogP) is 4.77. The summed E-state index contributed by atoms with van der Waals surface area (Å²) in [5.74, 6) is 0.549. The quantitative estimate of drug-likeness (QED) is 0.637. The number of thioether (sulfide) groups is 1. The second-order valence-corrected chi connectivity index (χ2v) is 8.51. The average Bonchev–Trinajstić information content (AvgIpc) is 2.73. The van der Waals surface area contributed by atoms with E-state index in [2.05, 4.69) is 46.1 Å². The molecule has 0 aromatic heterocycles. The Kier molecular flexibility index (Phi) is 8.07. The van der Waals surface area contributed by atoms with E-state index < -0.39 is 0 Å². The summed E-state index contributed by atoms with van der Waals surface area (Å²) in [6.45, 7) is 4.43. The molecule has 1 aliphatic rings. The van der Waals surface area contributed by atoms with E-state index in [0.717, 1.165) is 44.6 Å². The lowest BCUT2D eigenvalue weighted by Gasteiger charge is -2.32. The normalized spacial score (nSPS) is 15.4. The van der Waals surface area contributed by atoms with Crippen LogP contribution in [0.25, 0.3) is 0 Å². The van der Waals surface area contributed by atoms with Crippen LogP contribution in [0.4, 0.5) is 4.79 Å². The van der Waals surface area contributed by atoms with Gasteiger partial charge in [-0.2, -0.15) is 0 Å². The molecule has 1 aliphatic heterocycles. The van der Waals surface area contributed by atoms with Gasteiger partial charge in [0.1, 0.15) is 0 Å². The van der Waals surface area contributed by atoms with Crippen LogP contribution < -0.4 is 10.6 Å². The molecule has 2 aromatic carbocycles. The zero-order valence-corrected chi connectivity index (χ0v) is 17.9. The Labute approximate surface area is 177 Å². The summed E-state index contributed by atoms with van der Waals surface area (Å²) >= 11 is 7.69. The minimum absolute atomic E-state index is 0.105. The second-order valence-electron chi connectivity index (χ2n) is 7.22. The highest BCUT2D eigenvalue weighted by Gasteiger charge is 2.20. The Morgan fingerprint density at radius 2 is 1.82 bits per heavy atom. The van der Waals surface area contributed by atoms with Gasteiger partial charge in [0.25, 0.3) is 0 Å². The first-order valence-corrected chi connectivity index (χ1v) is 11.3. The number of carbonyl (C=O) groups excluding carboxylic acids is 1. The molecule has 2 N–H and O–H groups in total. The molecule has 2 amide bonds. The summed E-state index contributed by atoms with van der Waals surface area (Å²) in [7, 11) is 0. The number of urea groups is 1. The molecular weight excluding hydrogens is 390 g/mol. The zero-order chi connectivity index (χ0) is 19.8. The minimum Gasteiger partial charge on any atom is -0.338 e. The van der Waals surface area contributed by atoms with Crippen molar-refractivity contribution >= 4 is 29.4 Å². The fourth-order valence-electron chi connectivity index (χ4n) is 3.51. The molecule has 2 aromatic rings. The summed E-state index contributed by atoms with van der Waals surface area (Å²) in [5, 5.41) is 6.63. The molecular formula is C22H28ClN3OS. The summed E-state index contributed by atoms with van der Waals surface area (Å²) in [4.78, 5) is 15.9. The van der Waals surface area contributed by atoms with E-state index in [-0.39, 0.29) is 6.03 Å². The van der Waals surface area contributed by atoms with E-state index in [1.807, 2.05) is 36.0 Å². The van der Waals surface area contributed by atoms with Crippen LogP contribution in [0.15, 0.2) is 53.4 Å². The summed E-state index contributed by atoms with van der Waals surface area (Å²) in [6, 6.07) is 16.1. The van der Waals surface area contributed by atoms with Gasteiger partial charge in [-0.1, -0.05) is 41.9 Å². The number of carbonyl (C=O) groups is 1. The molecule has 0 spiro atoms. The topological polar surface area (TPSA) is 44.4 Å². The number of nitrogens with zero attached hydrogens (tertiary/aromatic N) is 1. The summed E-state index contributed by atoms with van der Waals surface area (Å²) < 4.78 is 0. The van der Waals surface area contributed by atoms with Crippen molar-refractivity contribution in [2.75, 3.05) is 25.9 Å². The second kappa shape index (κ2) is 10.7. The maximum Gasteiger partial charge on any atom is 0.315 e. The van der Waals surface area contributed by atoms with Gasteiger partial charge in [0.05, 0.1) is 0 Å². The van der Waals surface area contributed by atoms with Gasteiger partial charge in [-0.15, -0.1) is 11.8 Å². The van der Waals surface area contributed by atoms with Crippen LogP contribution in [0, 0.1) is 5.92 Å². The maximum absolute atomic E-state index is 12.0. The first-order chi connectivity index (χ1) is 13.6. The molecule has 0 atom stereocenters. The summed E-state index contributed by atoms with van der Waals surface area (Å²) in [5.41, 5.74) is 2.45. The number of rotatable bonds is 7. The van der Waals surface area contributed by atoms with Gasteiger partial charge in [-0.25, -0.2) is 4.79 Å². The largest absolute Gasteiger partial charge is 0.338 e. The third-order valence-corrected chi connectivity index (χ3v) is 6.30. The Morgan fingerprint density at radius 1 is 1.11 bits per heavy atom. The number of amides is 2. The number of halogens is 1. The van der Waals surface area contributed by atoms with Crippen molar-refractivity contribution in [2.45, 2.75) is 30.8 Å². The lowest BCUT2D eigenvalue weighted by Crippen LogP contribution is -2.41. The minimum atomic E-state index is -0.105.